The topological polar surface area (TPSA) is 51.5 Å². The third-order valence-electron chi connectivity index (χ3n) is 10.7. The standard InChI is InChI=1S/C48H29N5/c49-30-31-26-33(29-36(27-31)52-41-19-7-4-16-37(41)38-17-5-8-20-42(38)52)32-12-10-15-35(28-32)53-45-22-11-25-50-47(45)40-23-24-44-46(48(40)53)39-18-6-9-21-43(39)51(44)34-13-2-1-3-14-34/h1-29H. The van der Waals surface area contributed by atoms with E-state index in [4.69, 9.17) is 4.98 Å². The SMILES string of the molecule is N#Cc1cc(-c2cccc(-n3c4cccnc4c4ccc5c(c6ccccc6n5-c5ccccc5)c43)c2)cc(-n2c3ccccc3c3ccccc32)c1. The molecule has 53 heavy (non-hydrogen) atoms. The Morgan fingerprint density at radius 1 is 0.415 bits per heavy atom. The number of para-hydroxylation sites is 4. The Bertz CT molecular complexity index is 3250. The fourth-order valence-electron chi connectivity index (χ4n) is 8.49. The average Bonchev–Trinajstić information content (AvgIpc) is 3.87. The van der Waals surface area contributed by atoms with E-state index in [1.807, 2.05) is 24.4 Å². The van der Waals surface area contributed by atoms with Crippen LogP contribution < -0.4 is 0 Å². The van der Waals surface area contributed by atoms with Crippen molar-refractivity contribution in [3.05, 3.63) is 182 Å². The third kappa shape index (κ3) is 4.27. The number of benzene rings is 7. The summed E-state index contributed by atoms with van der Waals surface area (Å²) < 4.78 is 7.00. The molecule has 246 valence electrons. The number of nitriles is 1. The van der Waals surface area contributed by atoms with Crippen LogP contribution in [0.1, 0.15) is 5.56 Å². The predicted octanol–water partition coefficient (Wildman–Crippen LogP) is 11.9. The van der Waals surface area contributed by atoms with Gasteiger partial charge in [0.05, 0.1) is 50.2 Å². The summed E-state index contributed by atoms with van der Waals surface area (Å²) in [5, 5.41) is 16.2. The number of rotatable bonds is 4. The molecule has 0 aliphatic rings. The van der Waals surface area contributed by atoms with Gasteiger partial charge in [0, 0.05) is 50.2 Å². The summed E-state index contributed by atoms with van der Waals surface area (Å²) in [5.74, 6) is 0. The molecule has 0 bridgehead atoms. The van der Waals surface area contributed by atoms with Gasteiger partial charge in [-0.25, -0.2) is 0 Å². The summed E-state index contributed by atoms with van der Waals surface area (Å²) >= 11 is 0. The van der Waals surface area contributed by atoms with Crippen LogP contribution in [0.15, 0.2) is 176 Å². The van der Waals surface area contributed by atoms with E-state index in [1.165, 1.54) is 21.5 Å². The van der Waals surface area contributed by atoms with Gasteiger partial charge in [0.15, 0.2) is 0 Å². The van der Waals surface area contributed by atoms with Crippen LogP contribution in [-0.2, 0) is 0 Å². The lowest BCUT2D eigenvalue weighted by Gasteiger charge is -2.14. The van der Waals surface area contributed by atoms with Crippen LogP contribution in [-0.4, -0.2) is 18.7 Å². The summed E-state index contributed by atoms with van der Waals surface area (Å²) in [4.78, 5) is 4.93. The van der Waals surface area contributed by atoms with Crippen molar-refractivity contribution in [2.24, 2.45) is 0 Å². The quantitative estimate of drug-likeness (QED) is 0.186. The molecule has 4 heterocycles. The Morgan fingerprint density at radius 3 is 1.79 bits per heavy atom. The zero-order valence-electron chi connectivity index (χ0n) is 28.5. The van der Waals surface area contributed by atoms with Crippen LogP contribution in [0, 0.1) is 11.3 Å². The van der Waals surface area contributed by atoms with Crippen molar-refractivity contribution in [3.63, 3.8) is 0 Å². The summed E-state index contributed by atoms with van der Waals surface area (Å²) in [5.41, 5.74) is 13.4. The molecular formula is C48H29N5. The largest absolute Gasteiger partial charge is 0.309 e. The zero-order chi connectivity index (χ0) is 35.0. The first-order valence-corrected chi connectivity index (χ1v) is 17.8. The van der Waals surface area contributed by atoms with E-state index in [9.17, 15) is 5.26 Å². The van der Waals surface area contributed by atoms with E-state index in [0.29, 0.717) is 5.56 Å². The Morgan fingerprint density at radius 2 is 1.04 bits per heavy atom. The first kappa shape index (κ1) is 29.3. The van der Waals surface area contributed by atoms with Crippen molar-refractivity contribution in [3.8, 4) is 34.3 Å². The normalized spacial score (nSPS) is 11.8. The fourth-order valence-corrected chi connectivity index (χ4v) is 8.49. The van der Waals surface area contributed by atoms with Gasteiger partial charge in [0.25, 0.3) is 0 Å². The highest BCUT2D eigenvalue weighted by molar-refractivity contribution is 6.25. The Kier molecular flexibility index (Phi) is 6.25. The molecule has 0 unspecified atom stereocenters. The minimum atomic E-state index is 0.612. The Balaban J connectivity index is 1.18. The van der Waals surface area contributed by atoms with Crippen molar-refractivity contribution >= 4 is 65.5 Å². The molecule has 0 N–H and O–H groups in total. The number of nitrogens with zero attached hydrogens (tertiary/aromatic N) is 5. The molecule has 0 spiro atoms. The third-order valence-corrected chi connectivity index (χ3v) is 10.7. The predicted molar refractivity (Wildman–Crippen MR) is 217 cm³/mol. The monoisotopic (exact) mass is 675 g/mol. The van der Waals surface area contributed by atoms with Gasteiger partial charge in [0.1, 0.15) is 0 Å². The molecule has 0 atom stereocenters. The second-order valence-electron chi connectivity index (χ2n) is 13.6. The molecule has 4 aromatic heterocycles. The molecule has 0 fully saturated rings. The number of hydrogen-bond donors (Lipinski definition) is 0. The number of fused-ring (bicyclic) bond motifs is 10. The molecule has 5 heteroatoms. The molecule has 11 rings (SSSR count). The highest BCUT2D eigenvalue weighted by Crippen LogP contribution is 2.42. The molecule has 0 saturated carbocycles. The average molecular weight is 676 g/mol. The van der Waals surface area contributed by atoms with Crippen molar-refractivity contribution in [1.82, 2.24) is 18.7 Å². The number of aromatic nitrogens is 4. The Labute approximate surface area is 304 Å². The van der Waals surface area contributed by atoms with E-state index in [2.05, 4.69) is 171 Å². The summed E-state index contributed by atoms with van der Waals surface area (Å²) in [7, 11) is 0. The molecule has 0 saturated heterocycles. The molecule has 11 aromatic rings. The van der Waals surface area contributed by atoms with Crippen molar-refractivity contribution in [2.45, 2.75) is 0 Å². The number of pyridine rings is 1. The highest BCUT2D eigenvalue weighted by Gasteiger charge is 2.22. The zero-order valence-corrected chi connectivity index (χ0v) is 28.5. The molecule has 0 aliphatic carbocycles. The van der Waals surface area contributed by atoms with Crippen LogP contribution in [0.5, 0.6) is 0 Å². The maximum absolute atomic E-state index is 10.3. The summed E-state index contributed by atoms with van der Waals surface area (Å²) in [6.07, 6.45) is 1.88. The van der Waals surface area contributed by atoms with Gasteiger partial charge in [-0.2, -0.15) is 5.26 Å². The van der Waals surface area contributed by atoms with Gasteiger partial charge in [-0.15, -0.1) is 0 Å². The maximum Gasteiger partial charge on any atom is 0.0992 e. The molecule has 0 aliphatic heterocycles. The van der Waals surface area contributed by atoms with Crippen LogP contribution >= 0.6 is 0 Å². The van der Waals surface area contributed by atoms with E-state index < -0.39 is 0 Å². The lowest BCUT2D eigenvalue weighted by atomic mass is 10.0. The van der Waals surface area contributed by atoms with Crippen molar-refractivity contribution < 1.29 is 0 Å². The van der Waals surface area contributed by atoms with Crippen molar-refractivity contribution in [1.29, 1.82) is 5.26 Å². The molecule has 0 amide bonds. The van der Waals surface area contributed by atoms with Gasteiger partial charge in [-0.3, -0.25) is 4.98 Å². The second kappa shape index (κ2) is 11.3. The maximum atomic E-state index is 10.3. The fraction of sp³-hybridized carbons (Fsp3) is 0. The first-order valence-electron chi connectivity index (χ1n) is 17.8. The molecular weight excluding hydrogens is 647 g/mol. The van der Waals surface area contributed by atoms with E-state index in [-0.39, 0.29) is 0 Å². The van der Waals surface area contributed by atoms with Gasteiger partial charge >= 0.3 is 0 Å². The van der Waals surface area contributed by atoms with Gasteiger partial charge in [0.2, 0.25) is 0 Å². The summed E-state index contributed by atoms with van der Waals surface area (Å²) in [6, 6.07) is 62.2. The van der Waals surface area contributed by atoms with Gasteiger partial charge < -0.3 is 13.7 Å². The van der Waals surface area contributed by atoms with Gasteiger partial charge in [-0.05, 0) is 96.1 Å². The van der Waals surface area contributed by atoms with E-state index in [1.54, 1.807) is 0 Å². The van der Waals surface area contributed by atoms with Crippen molar-refractivity contribution in [2.75, 3.05) is 0 Å². The molecule has 7 aromatic carbocycles. The first-order chi connectivity index (χ1) is 26.3. The van der Waals surface area contributed by atoms with E-state index >= 15 is 0 Å². The van der Waals surface area contributed by atoms with Gasteiger partial charge in [-0.1, -0.05) is 84.9 Å². The molecule has 0 radical (unpaired) electrons. The Hall–Kier alpha value is -7.42. The smallest absolute Gasteiger partial charge is 0.0992 e. The molecule has 5 nitrogen and oxygen atoms in total. The number of hydrogen-bond acceptors (Lipinski definition) is 2. The van der Waals surface area contributed by atoms with Crippen LogP contribution in [0.4, 0.5) is 0 Å². The second-order valence-corrected chi connectivity index (χ2v) is 13.6. The van der Waals surface area contributed by atoms with Crippen LogP contribution in [0.25, 0.3) is 93.7 Å². The minimum Gasteiger partial charge on any atom is -0.309 e. The van der Waals surface area contributed by atoms with E-state index in [0.717, 1.165) is 72.2 Å². The summed E-state index contributed by atoms with van der Waals surface area (Å²) in [6.45, 7) is 0. The van der Waals surface area contributed by atoms with Crippen LogP contribution in [0.2, 0.25) is 0 Å². The lowest BCUT2D eigenvalue weighted by molar-refractivity contribution is 1.17. The van der Waals surface area contributed by atoms with Crippen LogP contribution in [0.3, 0.4) is 0 Å². The minimum absolute atomic E-state index is 0.612. The highest BCUT2D eigenvalue weighted by atomic mass is 15.0. The lowest BCUT2D eigenvalue weighted by Crippen LogP contribution is -1.97.